The first-order chi connectivity index (χ1) is 8.65. The highest BCUT2D eigenvalue weighted by Crippen LogP contribution is 2.22. The third-order valence-electron chi connectivity index (χ3n) is 2.50. The van der Waals surface area contributed by atoms with Gasteiger partial charge in [-0.15, -0.1) is 11.6 Å². The number of ether oxygens (including phenoxy) is 1. The molecule has 4 nitrogen and oxygen atoms in total. The number of hydrogen-bond acceptors (Lipinski definition) is 3. The SMILES string of the molecule is CCOC(=O)Cn1c(CCl)nc2ccc(Br)cc21. The molecule has 0 N–H and O–H groups in total. The molecule has 0 amide bonds. The van der Waals surface area contributed by atoms with E-state index in [1.807, 2.05) is 18.2 Å². The summed E-state index contributed by atoms with van der Waals surface area (Å²) in [6.07, 6.45) is 0. The summed E-state index contributed by atoms with van der Waals surface area (Å²) in [5, 5.41) is 0. The summed E-state index contributed by atoms with van der Waals surface area (Å²) in [6.45, 7) is 2.27. The van der Waals surface area contributed by atoms with E-state index in [1.54, 1.807) is 11.5 Å². The van der Waals surface area contributed by atoms with Gasteiger partial charge in [0.1, 0.15) is 12.4 Å². The second-order valence-electron chi connectivity index (χ2n) is 3.69. The number of carbonyl (C=O) groups is 1. The Kier molecular flexibility index (Phi) is 4.24. The third-order valence-corrected chi connectivity index (χ3v) is 3.23. The van der Waals surface area contributed by atoms with Crippen molar-refractivity contribution < 1.29 is 9.53 Å². The number of rotatable bonds is 4. The van der Waals surface area contributed by atoms with E-state index >= 15 is 0 Å². The molecule has 1 aromatic heterocycles. The minimum absolute atomic E-state index is 0.128. The van der Waals surface area contributed by atoms with E-state index in [1.165, 1.54) is 0 Å². The Labute approximate surface area is 118 Å². The standard InChI is InChI=1S/C12H12BrClN2O2/c1-2-18-12(17)7-16-10-5-8(13)3-4-9(10)15-11(16)6-14/h3-5H,2,6-7H2,1H3. The first-order valence-corrected chi connectivity index (χ1v) is 6.84. The van der Waals surface area contributed by atoms with Crippen LogP contribution < -0.4 is 0 Å². The lowest BCUT2D eigenvalue weighted by Crippen LogP contribution is -2.15. The molecule has 0 radical (unpaired) electrons. The Balaban J connectivity index is 2.45. The van der Waals surface area contributed by atoms with E-state index in [0.717, 1.165) is 15.5 Å². The number of alkyl halides is 1. The van der Waals surface area contributed by atoms with Gasteiger partial charge in [-0.2, -0.15) is 0 Å². The molecule has 96 valence electrons. The highest BCUT2D eigenvalue weighted by atomic mass is 79.9. The van der Waals surface area contributed by atoms with Crippen LogP contribution in [0.25, 0.3) is 11.0 Å². The van der Waals surface area contributed by atoms with Crippen molar-refractivity contribution in [1.29, 1.82) is 0 Å². The Bertz CT molecular complexity index is 583. The maximum Gasteiger partial charge on any atom is 0.326 e. The number of hydrogen-bond donors (Lipinski definition) is 0. The zero-order valence-electron chi connectivity index (χ0n) is 9.82. The van der Waals surface area contributed by atoms with Crippen molar-refractivity contribution in [2.45, 2.75) is 19.3 Å². The van der Waals surface area contributed by atoms with Gasteiger partial charge in [0.05, 0.1) is 23.5 Å². The topological polar surface area (TPSA) is 44.1 Å². The lowest BCUT2D eigenvalue weighted by molar-refractivity contribution is -0.143. The predicted molar refractivity (Wildman–Crippen MR) is 73.6 cm³/mol. The predicted octanol–water partition coefficient (Wildman–Crippen LogP) is 3.10. The Morgan fingerprint density at radius 3 is 3.00 bits per heavy atom. The molecule has 0 spiro atoms. The van der Waals surface area contributed by atoms with Crippen molar-refractivity contribution >= 4 is 44.5 Å². The summed E-state index contributed by atoms with van der Waals surface area (Å²) in [4.78, 5) is 16.0. The maximum absolute atomic E-state index is 11.6. The smallest absolute Gasteiger partial charge is 0.326 e. The van der Waals surface area contributed by atoms with Gasteiger partial charge in [-0.1, -0.05) is 15.9 Å². The number of benzene rings is 1. The number of carbonyl (C=O) groups excluding carboxylic acids is 1. The molecule has 2 aromatic rings. The molecule has 0 fully saturated rings. The van der Waals surface area contributed by atoms with Gasteiger partial charge in [-0.05, 0) is 25.1 Å². The lowest BCUT2D eigenvalue weighted by atomic mass is 10.3. The van der Waals surface area contributed by atoms with Crippen molar-refractivity contribution in [2.24, 2.45) is 0 Å². The van der Waals surface area contributed by atoms with Gasteiger partial charge < -0.3 is 9.30 Å². The van der Waals surface area contributed by atoms with Gasteiger partial charge in [0, 0.05) is 4.47 Å². The number of imidazole rings is 1. The zero-order chi connectivity index (χ0) is 13.1. The average Bonchev–Trinajstić information content (AvgIpc) is 2.67. The zero-order valence-corrected chi connectivity index (χ0v) is 12.2. The molecule has 0 unspecified atom stereocenters. The fourth-order valence-corrected chi connectivity index (χ4v) is 2.31. The third kappa shape index (κ3) is 2.67. The number of halogens is 2. The Morgan fingerprint density at radius 1 is 1.56 bits per heavy atom. The van der Waals surface area contributed by atoms with Crippen LogP contribution in [0.3, 0.4) is 0 Å². The van der Waals surface area contributed by atoms with Crippen LogP contribution in [0.4, 0.5) is 0 Å². The first kappa shape index (κ1) is 13.4. The number of nitrogens with zero attached hydrogens (tertiary/aromatic N) is 2. The lowest BCUT2D eigenvalue weighted by Gasteiger charge is -2.07. The molecule has 0 aliphatic rings. The highest BCUT2D eigenvalue weighted by molar-refractivity contribution is 9.10. The van der Waals surface area contributed by atoms with E-state index in [2.05, 4.69) is 20.9 Å². The molecule has 0 saturated carbocycles. The van der Waals surface area contributed by atoms with Crippen LogP contribution in [0.15, 0.2) is 22.7 Å². The van der Waals surface area contributed by atoms with Gasteiger partial charge in [0.25, 0.3) is 0 Å². The van der Waals surface area contributed by atoms with Crippen LogP contribution >= 0.6 is 27.5 Å². The quantitative estimate of drug-likeness (QED) is 0.639. The fraction of sp³-hybridized carbons (Fsp3) is 0.333. The van der Waals surface area contributed by atoms with Gasteiger partial charge >= 0.3 is 5.97 Å². The molecular weight excluding hydrogens is 320 g/mol. The highest BCUT2D eigenvalue weighted by Gasteiger charge is 2.13. The second kappa shape index (κ2) is 5.71. The molecule has 6 heteroatoms. The van der Waals surface area contributed by atoms with Crippen molar-refractivity contribution in [3.05, 3.63) is 28.5 Å². The van der Waals surface area contributed by atoms with E-state index in [4.69, 9.17) is 16.3 Å². The number of esters is 1. The van der Waals surface area contributed by atoms with Crippen LogP contribution in [0.2, 0.25) is 0 Å². The molecule has 0 bridgehead atoms. The summed E-state index contributed by atoms with van der Waals surface area (Å²) in [5.74, 6) is 0.632. The van der Waals surface area contributed by atoms with Crippen LogP contribution in [0.5, 0.6) is 0 Å². The van der Waals surface area contributed by atoms with Crippen molar-refractivity contribution in [3.8, 4) is 0 Å². The fourth-order valence-electron chi connectivity index (χ4n) is 1.76. The second-order valence-corrected chi connectivity index (χ2v) is 4.87. The normalized spacial score (nSPS) is 10.8. The molecular formula is C12H12BrClN2O2. The largest absolute Gasteiger partial charge is 0.465 e. The molecule has 1 aromatic carbocycles. The van der Waals surface area contributed by atoms with Gasteiger partial charge in [0.15, 0.2) is 0 Å². The molecule has 18 heavy (non-hydrogen) atoms. The van der Waals surface area contributed by atoms with Gasteiger partial charge in [0.2, 0.25) is 0 Å². The molecule has 0 aliphatic carbocycles. The van der Waals surface area contributed by atoms with E-state index < -0.39 is 0 Å². The molecule has 1 heterocycles. The first-order valence-electron chi connectivity index (χ1n) is 5.52. The molecule has 0 aliphatic heterocycles. The molecule has 0 saturated heterocycles. The number of aromatic nitrogens is 2. The van der Waals surface area contributed by atoms with Crippen molar-refractivity contribution in [3.63, 3.8) is 0 Å². The molecule has 2 rings (SSSR count). The summed E-state index contributed by atoms with van der Waals surface area (Å²) < 4.78 is 7.67. The average molecular weight is 332 g/mol. The summed E-state index contributed by atoms with van der Waals surface area (Å²) in [6, 6.07) is 5.71. The minimum Gasteiger partial charge on any atom is -0.465 e. The molecule has 0 atom stereocenters. The van der Waals surface area contributed by atoms with Gasteiger partial charge in [-0.25, -0.2) is 4.98 Å². The monoisotopic (exact) mass is 330 g/mol. The van der Waals surface area contributed by atoms with E-state index in [-0.39, 0.29) is 18.4 Å². The van der Waals surface area contributed by atoms with Crippen LogP contribution in [0, 0.1) is 0 Å². The Hall–Kier alpha value is -1.07. The Morgan fingerprint density at radius 2 is 2.33 bits per heavy atom. The van der Waals surface area contributed by atoms with Crippen LogP contribution in [-0.4, -0.2) is 22.1 Å². The minimum atomic E-state index is -0.289. The van der Waals surface area contributed by atoms with Gasteiger partial charge in [-0.3, -0.25) is 4.79 Å². The van der Waals surface area contributed by atoms with Crippen LogP contribution in [-0.2, 0) is 22.0 Å². The summed E-state index contributed by atoms with van der Waals surface area (Å²) in [7, 11) is 0. The van der Waals surface area contributed by atoms with Crippen LogP contribution in [0.1, 0.15) is 12.7 Å². The summed E-state index contributed by atoms with van der Waals surface area (Å²) in [5.41, 5.74) is 1.69. The number of fused-ring (bicyclic) bond motifs is 1. The van der Waals surface area contributed by atoms with Crippen molar-refractivity contribution in [1.82, 2.24) is 9.55 Å². The summed E-state index contributed by atoms with van der Waals surface area (Å²) >= 11 is 9.26. The maximum atomic E-state index is 11.6. The van der Waals surface area contributed by atoms with E-state index in [9.17, 15) is 4.79 Å². The van der Waals surface area contributed by atoms with E-state index in [0.29, 0.717) is 12.4 Å². The van der Waals surface area contributed by atoms with Crippen molar-refractivity contribution in [2.75, 3.05) is 6.61 Å².